The van der Waals surface area contributed by atoms with Crippen molar-refractivity contribution in [2.45, 2.75) is 51.6 Å². The van der Waals surface area contributed by atoms with Gasteiger partial charge in [-0.1, -0.05) is 13.8 Å². The number of hydrogen-bond donors (Lipinski definition) is 1. The molecule has 0 radical (unpaired) electrons. The van der Waals surface area contributed by atoms with Crippen molar-refractivity contribution in [1.29, 1.82) is 0 Å². The minimum absolute atomic E-state index is 0.475. The van der Waals surface area contributed by atoms with Crippen LogP contribution in [0.1, 0.15) is 49.7 Å². The third-order valence-electron chi connectivity index (χ3n) is 4.07. The van der Waals surface area contributed by atoms with Crippen LogP contribution in [-0.4, -0.2) is 36.6 Å². The molecule has 0 aromatic carbocycles. The van der Waals surface area contributed by atoms with E-state index in [0.29, 0.717) is 12.1 Å². The van der Waals surface area contributed by atoms with Crippen LogP contribution in [0, 0.1) is 0 Å². The summed E-state index contributed by atoms with van der Waals surface area (Å²) < 4.78 is 0. The van der Waals surface area contributed by atoms with E-state index in [0.717, 1.165) is 6.54 Å². The van der Waals surface area contributed by atoms with Crippen LogP contribution in [0.3, 0.4) is 0 Å². The Morgan fingerprint density at radius 1 is 1.50 bits per heavy atom. The number of rotatable bonds is 7. The van der Waals surface area contributed by atoms with Crippen LogP contribution >= 0.6 is 23.1 Å². The zero-order chi connectivity index (χ0) is 14.5. The standard InChI is InChI=1S/C15H27N3S2/c1-5-11(10-19-4)18(3)15-17-14-12(16-6-2)8-7-9-13(14)20-15/h11-12,16H,5-10H2,1-4H3. The largest absolute Gasteiger partial charge is 0.347 e. The van der Waals surface area contributed by atoms with Crippen LogP contribution in [0.25, 0.3) is 0 Å². The van der Waals surface area contributed by atoms with Gasteiger partial charge in [0.1, 0.15) is 0 Å². The van der Waals surface area contributed by atoms with Crippen molar-refractivity contribution < 1.29 is 0 Å². The average molecular weight is 314 g/mol. The Kier molecular flexibility index (Phi) is 6.18. The first-order valence-electron chi connectivity index (χ1n) is 7.65. The van der Waals surface area contributed by atoms with Gasteiger partial charge in [0.15, 0.2) is 5.13 Å². The smallest absolute Gasteiger partial charge is 0.185 e. The highest BCUT2D eigenvalue weighted by molar-refractivity contribution is 7.98. The molecule has 1 N–H and O–H groups in total. The van der Waals surface area contributed by atoms with E-state index >= 15 is 0 Å². The summed E-state index contributed by atoms with van der Waals surface area (Å²) in [7, 11) is 2.21. The molecule has 1 aliphatic carbocycles. The van der Waals surface area contributed by atoms with Crippen LogP contribution in [0.2, 0.25) is 0 Å². The van der Waals surface area contributed by atoms with E-state index in [-0.39, 0.29) is 0 Å². The van der Waals surface area contributed by atoms with Gasteiger partial charge in [0.2, 0.25) is 0 Å². The highest BCUT2D eigenvalue weighted by Crippen LogP contribution is 2.37. The lowest BCUT2D eigenvalue weighted by Gasteiger charge is -2.26. The maximum absolute atomic E-state index is 4.97. The molecular weight excluding hydrogens is 286 g/mol. The van der Waals surface area contributed by atoms with Gasteiger partial charge in [-0.25, -0.2) is 4.98 Å². The first-order valence-corrected chi connectivity index (χ1v) is 9.87. The van der Waals surface area contributed by atoms with Gasteiger partial charge in [0.25, 0.3) is 0 Å². The zero-order valence-corrected chi connectivity index (χ0v) is 14.7. The number of thiazole rings is 1. The average Bonchev–Trinajstić information content (AvgIpc) is 2.89. The first-order chi connectivity index (χ1) is 9.71. The summed E-state index contributed by atoms with van der Waals surface area (Å²) in [5.74, 6) is 1.17. The molecule has 1 aliphatic rings. The molecule has 2 rings (SSSR count). The van der Waals surface area contributed by atoms with Gasteiger partial charge in [-0.05, 0) is 38.5 Å². The van der Waals surface area contributed by atoms with E-state index in [4.69, 9.17) is 4.98 Å². The lowest BCUT2D eigenvalue weighted by atomic mass is 9.98. The maximum atomic E-state index is 4.97. The molecule has 2 unspecified atom stereocenters. The number of nitrogens with one attached hydrogen (secondary N) is 1. The van der Waals surface area contributed by atoms with Crippen molar-refractivity contribution in [2.24, 2.45) is 0 Å². The molecule has 0 amide bonds. The molecule has 0 aliphatic heterocycles. The van der Waals surface area contributed by atoms with Crippen LogP contribution in [-0.2, 0) is 6.42 Å². The fourth-order valence-electron chi connectivity index (χ4n) is 2.85. The van der Waals surface area contributed by atoms with Gasteiger partial charge in [-0.2, -0.15) is 11.8 Å². The molecule has 0 fully saturated rings. The summed E-state index contributed by atoms with van der Waals surface area (Å²) >= 11 is 3.83. The number of aryl methyl sites for hydroxylation is 1. The fraction of sp³-hybridized carbons (Fsp3) is 0.800. The summed E-state index contributed by atoms with van der Waals surface area (Å²) in [5.41, 5.74) is 1.32. The fourth-order valence-corrected chi connectivity index (χ4v) is 4.89. The highest BCUT2D eigenvalue weighted by atomic mass is 32.2. The van der Waals surface area contributed by atoms with Crippen molar-refractivity contribution in [1.82, 2.24) is 10.3 Å². The number of aromatic nitrogens is 1. The second-order valence-corrected chi connectivity index (χ2v) is 7.41. The second-order valence-electron chi connectivity index (χ2n) is 5.44. The van der Waals surface area contributed by atoms with E-state index in [2.05, 4.69) is 37.4 Å². The summed E-state index contributed by atoms with van der Waals surface area (Å²) in [4.78, 5) is 8.87. The Morgan fingerprint density at radius 3 is 2.95 bits per heavy atom. The molecule has 20 heavy (non-hydrogen) atoms. The van der Waals surface area contributed by atoms with Gasteiger partial charge in [-0.15, -0.1) is 11.3 Å². The number of nitrogens with zero attached hydrogens (tertiary/aromatic N) is 2. The van der Waals surface area contributed by atoms with Gasteiger partial charge in [-0.3, -0.25) is 0 Å². The number of anilines is 1. The summed E-state index contributed by atoms with van der Waals surface area (Å²) in [5, 5.41) is 4.79. The lowest BCUT2D eigenvalue weighted by molar-refractivity contribution is 0.465. The molecule has 1 heterocycles. The zero-order valence-electron chi connectivity index (χ0n) is 13.1. The molecule has 3 nitrogen and oxygen atoms in total. The van der Waals surface area contributed by atoms with Crippen molar-refractivity contribution in [3.8, 4) is 0 Å². The normalized spacial score (nSPS) is 19.7. The van der Waals surface area contributed by atoms with Crippen molar-refractivity contribution in [2.75, 3.05) is 30.5 Å². The molecule has 0 saturated heterocycles. The van der Waals surface area contributed by atoms with Gasteiger partial charge in [0, 0.05) is 23.7 Å². The Hall–Kier alpha value is -0.260. The Balaban J connectivity index is 2.17. The second kappa shape index (κ2) is 7.66. The Morgan fingerprint density at radius 2 is 2.30 bits per heavy atom. The molecule has 0 bridgehead atoms. The lowest BCUT2D eigenvalue weighted by Crippen LogP contribution is -2.33. The van der Waals surface area contributed by atoms with E-state index in [1.165, 1.54) is 47.1 Å². The van der Waals surface area contributed by atoms with Crippen molar-refractivity contribution >= 4 is 28.2 Å². The van der Waals surface area contributed by atoms with E-state index in [9.17, 15) is 0 Å². The minimum Gasteiger partial charge on any atom is -0.347 e. The van der Waals surface area contributed by atoms with E-state index in [1.807, 2.05) is 23.1 Å². The molecule has 0 spiro atoms. The highest BCUT2D eigenvalue weighted by Gasteiger charge is 2.26. The minimum atomic E-state index is 0.475. The van der Waals surface area contributed by atoms with Gasteiger partial charge < -0.3 is 10.2 Å². The van der Waals surface area contributed by atoms with Crippen LogP contribution in [0.5, 0.6) is 0 Å². The van der Waals surface area contributed by atoms with Gasteiger partial charge >= 0.3 is 0 Å². The van der Waals surface area contributed by atoms with Crippen LogP contribution < -0.4 is 10.2 Å². The number of fused-ring (bicyclic) bond motifs is 1. The van der Waals surface area contributed by atoms with Crippen LogP contribution in [0.4, 0.5) is 5.13 Å². The predicted molar refractivity (Wildman–Crippen MR) is 92.3 cm³/mol. The van der Waals surface area contributed by atoms with Crippen LogP contribution in [0.15, 0.2) is 0 Å². The molecule has 5 heteroatoms. The Bertz CT molecular complexity index is 419. The maximum Gasteiger partial charge on any atom is 0.185 e. The van der Waals surface area contributed by atoms with Crippen molar-refractivity contribution in [3.05, 3.63) is 10.6 Å². The van der Waals surface area contributed by atoms with Crippen molar-refractivity contribution in [3.63, 3.8) is 0 Å². The predicted octanol–water partition coefficient (Wildman–Crippen LogP) is 3.71. The summed E-state index contributed by atoms with van der Waals surface area (Å²) in [6.45, 7) is 5.47. The summed E-state index contributed by atoms with van der Waals surface area (Å²) in [6, 6.07) is 1.07. The number of thioether (sulfide) groups is 1. The summed E-state index contributed by atoms with van der Waals surface area (Å²) in [6.07, 6.45) is 7.10. The van der Waals surface area contributed by atoms with E-state index < -0.39 is 0 Å². The quantitative estimate of drug-likeness (QED) is 0.830. The molecule has 0 saturated carbocycles. The van der Waals surface area contributed by atoms with Gasteiger partial charge in [0.05, 0.1) is 11.7 Å². The Labute approximate surface area is 131 Å². The molecule has 1 aromatic rings. The van der Waals surface area contributed by atoms with E-state index in [1.54, 1.807) is 0 Å². The third kappa shape index (κ3) is 3.49. The first kappa shape index (κ1) is 16.1. The molecule has 114 valence electrons. The monoisotopic (exact) mass is 313 g/mol. The SMILES string of the molecule is CCNC1CCCc2sc(N(C)C(CC)CSC)nc21. The molecule has 1 aromatic heterocycles. The molecular formula is C15H27N3S2. The number of hydrogen-bond acceptors (Lipinski definition) is 5. The molecule has 2 atom stereocenters. The third-order valence-corrected chi connectivity index (χ3v) is 6.01. The topological polar surface area (TPSA) is 28.2 Å².